The fourth-order valence-corrected chi connectivity index (χ4v) is 3.60. The van der Waals surface area contributed by atoms with E-state index in [-0.39, 0.29) is 11.0 Å². The maximum Gasteiger partial charge on any atom is 0.0470 e. The molecule has 2 unspecified atom stereocenters. The second-order valence-corrected chi connectivity index (χ2v) is 5.37. The lowest BCUT2D eigenvalue weighted by Gasteiger charge is -2.35. The zero-order valence-corrected chi connectivity index (χ0v) is 8.88. The van der Waals surface area contributed by atoms with Crippen molar-refractivity contribution < 1.29 is 0 Å². The average Bonchev–Trinajstić information content (AvgIpc) is 2.49. The predicted octanol–water partition coefficient (Wildman–Crippen LogP) is 2.76. The van der Waals surface area contributed by atoms with Gasteiger partial charge in [-0.05, 0) is 35.3 Å². The lowest BCUT2D eigenvalue weighted by molar-refractivity contribution is 0.217. The Morgan fingerprint density at radius 3 is 2.71 bits per heavy atom. The molecule has 1 heteroatoms. The summed E-state index contributed by atoms with van der Waals surface area (Å²) < 4.78 is 0. The molecule has 0 aliphatic heterocycles. The van der Waals surface area contributed by atoms with Crippen LogP contribution in [0.2, 0.25) is 0 Å². The molecule has 1 saturated carbocycles. The monoisotopic (exact) mass is 187 g/mol. The largest absolute Gasteiger partial charge is 0.321 e. The van der Waals surface area contributed by atoms with Crippen LogP contribution in [-0.2, 0) is 5.54 Å². The van der Waals surface area contributed by atoms with Gasteiger partial charge in [-0.3, -0.25) is 0 Å². The molecule has 0 heterocycles. The number of nitrogens with two attached hydrogens (primary N) is 1. The highest BCUT2D eigenvalue weighted by molar-refractivity contribution is 5.48. The van der Waals surface area contributed by atoms with Crippen LogP contribution in [-0.4, -0.2) is 0 Å². The molecule has 2 N–H and O–H groups in total. The molecule has 2 aliphatic carbocycles. The summed E-state index contributed by atoms with van der Waals surface area (Å²) in [6.45, 7) is 4.65. The van der Waals surface area contributed by atoms with Crippen molar-refractivity contribution in [3.8, 4) is 0 Å². The second-order valence-electron chi connectivity index (χ2n) is 5.37. The van der Waals surface area contributed by atoms with Gasteiger partial charge in [0.05, 0.1) is 0 Å². The van der Waals surface area contributed by atoms with Gasteiger partial charge in [0.2, 0.25) is 0 Å². The van der Waals surface area contributed by atoms with E-state index in [1.165, 1.54) is 17.5 Å². The molecular formula is C13H17N. The van der Waals surface area contributed by atoms with E-state index >= 15 is 0 Å². The highest BCUT2D eigenvalue weighted by Gasteiger charge is 2.59. The van der Waals surface area contributed by atoms with Crippen LogP contribution in [0.3, 0.4) is 0 Å². The van der Waals surface area contributed by atoms with Crippen LogP contribution in [0.5, 0.6) is 0 Å². The van der Waals surface area contributed by atoms with Gasteiger partial charge in [0, 0.05) is 5.54 Å². The molecule has 0 amide bonds. The molecule has 1 fully saturated rings. The maximum atomic E-state index is 6.59. The van der Waals surface area contributed by atoms with E-state index in [0.717, 1.165) is 6.42 Å². The van der Waals surface area contributed by atoms with Crippen LogP contribution in [0.4, 0.5) is 0 Å². The van der Waals surface area contributed by atoms with Crippen LogP contribution >= 0.6 is 0 Å². The van der Waals surface area contributed by atoms with E-state index in [4.69, 9.17) is 5.73 Å². The average molecular weight is 187 g/mol. The normalized spacial score (nSPS) is 37.2. The summed E-state index contributed by atoms with van der Waals surface area (Å²) in [6, 6.07) is 8.73. The second kappa shape index (κ2) is 2.22. The minimum atomic E-state index is -0.0613. The number of fused-ring (bicyclic) bond motifs is 5. The van der Waals surface area contributed by atoms with Gasteiger partial charge in [0.15, 0.2) is 0 Å². The number of hydrogen-bond donors (Lipinski definition) is 1. The van der Waals surface area contributed by atoms with Gasteiger partial charge in [-0.1, -0.05) is 38.1 Å². The molecular weight excluding hydrogens is 170 g/mol. The molecule has 0 aromatic heterocycles. The highest BCUT2D eigenvalue weighted by Crippen LogP contribution is 2.65. The summed E-state index contributed by atoms with van der Waals surface area (Å²) in [7, 11) is 0. The lowest BCUT2D eigenvalue weighted by atomic mass is 9.75. The lowest BCUT2D eigenvalue weighted by Crippen LogP contribution is -2.43. The summed E-state index contributed by atoms with van der Waals surface area (Å²) in [5, 5.41) is 0. The third kappa shape index (κ3) is 0.683. The molecule has 14 heavy (non-hydrogen) atoms. The predicted molar refractivity (Wildman–Crippen MR) is 58.1 cm³/mol. The fraction of sp³-hybridized carbons (Fsp3) is 0.538. The standard InChI is InChI=1S/C13H17N/c1-12(2)10-7-8-13(12,14)11-6-4-3-5-9(10)11/h3-6,10H,7-8,14H2,1-2H3. The van der Waals surface area contributed by atoms with Crippen molar-refractivity contribution in [2.45, 2.75) is 38.1 Å². The highest BCUT2D eigenvalue weighted by atomic mass is 14.9. The Bertz CT molecular complexity index is 394. The first-order valence-electron chi connectivity index (χ1n) is 5.46. The minimum absolute atomic E-state index is 0.0613. The van der Waals surface area contributed by atoms with Crippen molar-refractivity contribution in [1.29, 1.82) is 0 Å². The van der Waals surface area contributed by atoms with Gasteiger partial charge in [0.1, 0.15) is 0 Å². The molecule has 74 valence electrons. The van der Waals surface area contributed by atoms with Gasteiger partial charge in [0.25, 0.3) is 0 Å². The number of hydrogen-bond acceptors (Lipinski definition) is 1. The van der Waals surface area contributed by atoms with Crippen LogP contribution in [0, 0.1) is 5.41 Å². The Hall–Kier alpha value is -0.820. The smallest absolute Gasteiger partial charge is 0.0470 e. The van der Waals surface area contributed by atoms with Crippen LogP contribution in [0.1, 0.15) is 43.7 Å². The Morgan fingerprint density at radius 1 is 1.29 bits per heavy atom. The van der Waals surface area contributed by atoms with Crippen molar-refractivity contribution in [3.63, 3.8) is 0 Å². The molecule has 2 bridgehead atoms. The van der Waals surface area contributed by atoms with E-state index in [0.29, 0.717) is 5.92 Å². The van der Waals surface area contributed by atoms with Gasteiger partial charge in [-0.15, -0.1) is 0 Å². The Morgan fingerprint density at radius 2 is 2.00 bits per heavy atom. The van der Waals surface area contributed by atoms with Gasteiger partial charge in [-0.2, -0.15) is 0 Å². The van der Waals surface area contributed by atoms with E-state index in [1.807, 2.05) is 0 Å². The zero-order valence-electron chi connectivity index (χ0n) is 8.88. The summed E-state index contributed by atoms with van der Waals surface area (Å²) >= 11 is 0. The summed E-state index contributed by atoms with van der Waals surface area (Å²) in [5.74, 6) is 0.684. The molecule has 0 saturated heterocycles. The van der Waals surface area contributed by atoms with Crippen LogP contribution < -0.4 is 5.73 Å². The maximum absolute atomic E-state index is 6.59. The Kier molecular flexibility index (Phi) is 1.35. The molecule has 3 rings (SSSR count). The third-order valence-electron chi connectivity index (χ3n) is 4.67. The molecule has 0 radical (unpaired) electrons. The fourth-order valence-electron chi connectivity index (χ4n) is 3.60. The van der Waals surface area contributed by atoms with E-state index < -0.39 is 0 Å². The third-order valence-corrected chi connectivity index (χ3v) is 4.67. The van der Waals surface area contributed by atoms with Crippen molar-refractivity contribution in [3.05, 3.63) is 35.4 Å². The Balaban J connectivity index is 2.31. The molecule has 1 nitrogen and oxygen atoms in total. The Labute approximate surface area is 85.3 Å². The molecule has 1 aromatic carbocycles. The molecule has 1 aromatic rings. The first-order chi connectivity index (χ1) is 6.57. The van der Waals surface area contributed by atoms with E-state index in [2.05, 4.69) is 38.1 Å². The van der Waals surface area contributed by atoms with Crippen molar-refractivity contribution >= 4 is 0 Å². The summed E-state index contributed by atoms with van der Waals surface area (Å²) in [4.78, 5) is 0. The topological polar surface area (TPSA) is 26.0 Å². The van der Waals surface area contributed by atoms with Crippen molar-refractivity contribution in [2.75, 3.05) is 0 Å². The first kappa shape index (κ1) is 8.49. The van der Waals surface area contributed by atoms with Gasteiger partial charge >= 0.3 is 0 Å². The summed E-state index contributed by atoms with van der Waals surface area (Å²) in [6.07, 6.45) is 2.42. The molecule has 2 aliphatic rings. The SMILES string of the molecule is CC1(C)C2CCC1(N)c1ccccc12. The number of benzene rings is 1. The zero-order chi connectivity index (χ0) is 9.97. The van der Waals surface area contributed by atoms with Crippen LogP contribution in [0.15, 0.2) is 24.3 Å². The molecule has 2 atom stereocenters. The van der Waals surface area contributed by atoms with E-state index in [1.54, 1.807) is 0 Å². The van der Waals surface area contributed by atoms with E-state index in [9.17, 15) is 0 Å². The van der Waals surface area contributed by atoms with Crippen molar-refractivity contribution in [1.82, 2.24) is 0 Å². The summed E-state index contributed by atoms with van der Waals surface area (Å²) in [5.41, 5.74) is 9.68. The molecule has 0 spiro atoms. The minimum Gasteiger partial charge on any atom is -0.321 e. The first-order valence-corrected chi connectivity index (χ1v) is 5.46. The van der Waals surface area contributed by atoms with Gasteiger partial charge in [-0.25, -0.2) is 0 Å². The van der Waals surface area contributed by atoms with Crippen molar-refractivity contribution in [2.24, 2.45) is 11.1 Å². The number of rotatable bonds is 0. The van der Waals surface area contributed by atoms with Crippen LogP contribution in [0.25, 0.3) is 0 Å². The van der Waals surface area contributed by atoms with Gasteiger partial charge < -0.3 is 5.73 Å². The quantitative estimate of drug-likeness (QED) is 0.664.